The molecule has 2 heteroatoms. The highest BCUT2D eigenvalue weighted by atomic mass is 35.5. The molecule has 0 aliphatic carbocycles. The molecular weight excluding hydrogens is 158 g/mol. The number of rotatable bonds is 4. The molecule has 0 aromatic heterocycles. The normalized spacial score (nSPS) is 11.6. The Balaban J connectivity index is 0. The molecule has 0 bridgehead atoms. The highest BCUT2D eigenvalue weighted by molar-refractivity contribution is 4.75. The van der Waals surface area contributed by atoms with Crippen LogP contribution in [0.25, 0.3) is 0 Å². The van der Waals surface area contributed by atoms with Crippen molar-refractivity contribution in [3.8, 4) is 0 Å². The lowest BCUT2D eigenvalue weighted by Gasteiger charge is -2.23. The maximum Gasteiger partial charge on any atom is 0.0783 e. The first kappa shape index (κ1) is 13.6. The Kier molecular flexibility index (Phi) is 8.25. The second-order valence-corrected chi connectivity index (χ2v) is 3.73. The summed E-state index contributed by atoms with van der Waals surface area (Å²) in [6.07, 6.45) is 6.88. The molecule has 0 amide bonds. The lowest BCUT2D eigenvalue weighted by Crippen LogP contribution is -3.00. The molecule has 0 aromatic carbocycles. The zero-order valence-electron chi connectivity index (χ0n) is 8.10. The minimum Gasteiger partial charge on any atom is -1.00 e. The third-order valence-corrected chi connectivity index (χ3v) is 1.44. The van der Waals surface area contributed by atoms with Crippen molar-refractivity contribution < 1.29 is 16.9 Å². The first-order valence-corrected chi connectivity index (χ1v) is 3.98. The number of nitrogens with zero attached hydrogens (tertiary/aromatic N) is 1. The molecule has 0 atom stereocenters. The molecule has 0 saturated carbocycles. The van der Waals surface area contributed by atoms with Crippen LogP contribution in [0.5, 0.6) is 0 Å². The zero-order chi connectivity index (χ0) is 8.04. The van der Waals surface area contributed by atoms with E-state index in [1.165, 1.54) is 19.4 Å². The fraction of sp³-hybridized carbons (Fsp3) is 0.778. The number of unbranched alkanes of at least 4 members (excludes halogenated alkanes) is 1. The maximum absolute atomic E-state index is 2.23. The van der Waals surface area contributed by atoms with E-state index >= 15 is 0 Å². The summed E-state index contributed by atoms with van der Waals surface area (Å²) in [5.41, 5.74) is 0. The monoisotopic (exact) mass is 177 g/mol. The Morgan fingerprint density at radius 1 is 1.18 bits per heavy atom. The van der Waals surface area contributed by atoms with Crippen molar-refractivity contribution in [2.45, 2.75) is 19.8 Å². The molecule has 0 fully saturated rings. The quantitative estimate of drug-likeness (QED) is 0.295. The van der Waals surface area contributed by atoms with Crippen molar-refractivity contribution in [3.63, 3.8) is 0 Å². The summed E-state index contributed by atoms with van der Waals surface area (Å²) in [6, 6.07) is 0. The Labute approximate surface area is 77.1 Å². The van der Waals surface area contributed by atoms with E-state index in [1.807, 2.05) is 0 Å². The van der Waals surface area contributed by atoms with Crippen LogP contribution in [0.1, 0.15) is 19.8 Å². The molecule has 0 aromatic rings. The molecule has 0 spiro atoms. The second kappa shape index (κ2) is 6.68. The first-order valence-electron chi connectivity index (χ1n) is 3.98. The van der Waals surface area contributed by atoms with Crippen molar-refractivity contribution in [2.75, 3.05) is 27.7 Å². The van der Waals surface area contributed by atoms with Gasteiger partial charge in [-0.1, -0.05) is 12.2 Å². The lowest BCUT2D eigenvalue weighted by molar-refractivity contribution is -0.870. The lowest BCUT2D eigenvalue weighted by atomic mass is 10.2. The van der Waals surface area contributed by atoms with Gasteiger partial charge in [-0.25, -0.2) is 0 Å². The Morgan fingerprint density at radius 3 is 2.09 bits per heavy atom. The maximum atomic E-state index is 2.23. The SMILES string of the molecule is CC=CCCC[N+](C)(C)C.[Cl-]. The summed E-state index contributed by atoms with van der Waals surface area (Å²) in [7, 11) is 6.70. The summed E-state index contributed by atoms with van der Waals surface area (Å²) < 4.78 is 1.08. The average Bonchev–Trinajstić information content (AvgIpc) is 1.78. The van der Waals surface area contributed by atoms with Gasteiger partial charge in [0.25, 0.3) is 0 Å². The van der Waals surface area contributed by atoms with Crippen LogP contribution < -0.4 is 12.4 Å². The number of halogens is 1. The molecule has 1 nitrogen and oxygen atoms in total. The Hall–Kier alpha value is -0.0100. The minimum absolute atomic E-state index is 0. The van der Waals surface area contributed by atoms with Gasteiger partial charge in [0.1, 0.15) is 0 Å². The van der Waals surface area contributed by atoms with Crippen LogP contribution in [-0.2, 0) is 0 Å². The van der Waals surface area contributed by atoms with Crippen LogP contribution in [0, 0.1) is 0 Å². The molecule has 0 N–H and O–H groups in total. The molecule has 0 rings (SSSR count). The van der Waals surface area contributed by atoms with E-state index in [2.05, 4.69) is 40.2 Å². The van der Waals surface area contributed by atoms with Crippen LogP contribution in [0.4, 0.5) is 0 Å². The van der Waals surface area contributed by atoms with Crippen molar-refractivity contribution in [2.24, 2.45) is 0 Å². The van der Waals surface area contributed by atoms with Gasteiger partial charge in [0.15, 0.2) is 0 Å². The van der Waals surface area contributed by atoms with E-state index in [9.17, 15) is 0 Å². The molecule has 11 heavy (non-hydrogen) atoms. The number of hydrogen-bond acceptors (Lipinski definition) is 0. The summed E-state index contributed by atoms with van der Waals surface area (Å²) in [5, 5.41) is 0. The Bertz CT molecular complexity index is 103. The third-order valence-electron chi connectivity index (χ3n) is 1.44. The topological polar surface area (TPSA) is 0 Å². The summed E-state index contributed by atoms with van der Waals surface area (Å²) in [5.74, 6) is 0. The number of hydrogen-bond donors (Lipinski definition) is 0. The van der Waals surface area contributed by atoms with E-state index in [4.69, 9.17) is 0 Å². The predicted octanol–water partition coefficient (Wildman–Crippen LogP) is -0.947. The minimum atomic E-state index is 0. The van der Waals surface area contributed by atoms with E-state index in [0.29, 0.717) is 0 Å². The summed E-state index contributed by atoms with van der Waals surface area (Å²) in [4.78, 5) is 0. The average molecular weight is 178 g/mol. The van der Waals surface area contributed by atoms with Gasteiger partial charge in [0.05, 0.1) is 27.7 Å². The molecular formula is C9H20ClN. The molecule has 0 heterocycles. The fourth-order valence-electron chi connectivity index (χ4n) is 0.850. The fourth-order valence-corrected chi connectivity index (χ4v) is 0.850. The van der Waals surface area contributed by atoms with Crippen LogP contribution in [0.3, 0.4) is 0 Å². The van der Waals surface area contributed by atoms with E-state index in [1.54, 1.807) is 0 Å². The molecule has 0 aliphatic rings. The van der Waals surface area contributed by atoms with Crippen LogP contribution in [0.15, 0.2) is 12.2 Å². The third kappa shape index (κ3) is 13.1. The van der Waals surface area contributed by atoms with Crippen LogP contribution in [0.2, 0.25) is 0 Å². The van der Waals surface area contributed by atoms with Gasteiger partial charge < -0.3 is 16.9 Å². The molecule has 0 unspecified atom stereocenters. The molecule has 0 aliphatic heterocycles. The highest BCUT2D eigenvalue weighted by Crippen LogP contribution is 1.97. The van der Waals surface area contributed by atoms with E-state index < -0.39 is 0 Å². The summed E-state index contributed by atoms with van der Waals surface area (Å²) >= 11 is 0. The largest absolute Gasteiger partial charge is 1.00 e. The smallest absolute Gasteiger partial charge is 0.0783 e. The highest BCUT2D eigenvalue weighted by Gasteiger charge is 2.03. The van der Waals surface area contributed by atoms with E-state index in [0.717, 1.165) is 4.48 Å². The van der Waals surface area contributed by atoms with Gasteiger partial charge in [0, 0.05) is 0 Å². The van der Waals surface area contributed by atoms with Gasteiger partial charge in [-0.3, -0.25) is 0 Å². The molecule has 68 valence electrons. The van der Waals surface area contributed by atoms with Crippen LogP contribution >= 0.6 is 0 Å². The van der Waals surface area contributed by atoms with Gasteiger partial charge in [-0.05, 0) is 19.8 Å². The van der Waals surface area contributed by atoms with Crippen LogP contribution in [-0.4, -0.2) is 32.2 Å². The van der Waals surface area contributed by atoms with Gasteiger partial charge in [-0.2, -0.15) is 0 Å². The van der Waals surface area contributed by atoms with Crippen molar-refractivity contribution in [1.82, 2.24) is 0 Å². The van der Waals surface area contributed by atoms with Crippen molar-refractivity contribution in [3.05, 3.63) is 12.2 Å². The summed E-state index contributed by atoms with van der Waals surface area (Å²) in [6.45, 7) is 3.34. The second-order valence-electron chi connectivity index (χ2n) is 3.73. The van der Waals surface area contributed by atoms with E-state index in [-0.39, 0.29) is 12.4 Å². The predicted molar refractivity (Wildman–Crippen MR) is 46.9 cm³/mol. The number of allylic oxidation sites excluding steroid dienone is 2. The zero-order valence-corrected chi connectivity index (χ0v) is 8.86. The van der Waals surface area contributed by atoms with Gasteiger partial charge in [-0.15, -0.1) is 0 Å². The van der Waals surface area contributed by atoms with Crippen molar-refractivity contribution >= 4 is 0 Å². The Morgan fingerprint density at radius 2 is 1.73 bits per heavy atom. The van der Waals surface area contributed by atoms with Gasteiger partial charge >= 0.3 is 0 Å². The van der Waals surface area contributed by atoms with Crippen molar-refractivity contribution in [1.29, 1.82) is 0 Å². The first-order chi connectivity index (χ1) is 4.56. The standard InChI is InChI=1S/C9H20N.ClH/c1-5-6-7-8-9-10(2,3)4;/h5-6H,7-9H2,1-4H3;1H/q+1;/p-1. The molecule has 0 saturated heterocycles. The molecule has 0 radical (unpaired) electrons. The van der Waals surface area contributed by atoms with Gasteiger partial charge in [0.2, 0.25) is 0 Å². The number of quaternary nitrogens is 1.